The number of aromatic hydroxyl groups is 1. The molecule has 8 nitrogen and oxygen atoms in total. The maximum absolute atomic E-state index is 12.8. The highest BCUT2D eigenvalue weighted by Crippen LogP contribution is 2.35. The second-order valence-corrected chi connectivity index (χ2v) is 8.43. The van der Waals surface area contributed by atoms with Gasteiger partial charge in [0.1, 0.15) is 17.3 Å². The quantitative estimate of drug-likeness (QED) is 0.281. The lowest BCUT2D eigenvalue weighted by molar-refractivity contribution is 0.0954. The van der Waals surface area contributed by atoms with Crippen molar-refractivity contribution in [1.29, 1.82) is 0 Å². The number of aromatic nitrogens is 3. The van der Waals surface area contributed by atoms with Crippen LogP contribution in [-0.4, -0.2) is 46.7 Å². The number of benzene rings is 3. The fourth-order valence-electron chi connectivity index (χ4n) is 4.27. The second kappa shape index (κ2) is 10.4. The lowest BCUT2D eigenvalue weighted by Gasteiger charge is -2.09. The molecule has 0 aliphatic carbocycles. The molecule has 186 valence electrons. The molecule has 3 N–H and O–H groups in total. The number of aromatic amines is 1. The van der Waals surface area contributed by atoms with Crippen molar-refractivity contribution in [3.05, 3.63) is 90.1 Å². The lowest BCUT2D eigenvalue weighted by Crippen LogP contribution is -2.25. The number of rotatable bonds is 8. The Hall–Kier alpha value is -4.85. The smallest absolute Gasteiger partial charge is 0.251 e. The number of amides is 1. The summed E-state index contributed by atoms with van der Waals surface area (Å²) in [6, 6.07) is 22.0. The van der Waals surface area contributed by atoms with E-state index < -0.39 is 0 Å². The Kier molecular flexibility index (Phi) is 6.72. The lowest BCUT2D eigenvalue weighted by atomic mass is 10.0. The number of phenols is 1. The Balaban J connectivity index is 1.36. The molecule has 37 heavy (non-hydrogen) atoms. The van der Waals surface area contributed by atoms with E-state index in [-0.39, 0.29) is 11.7 Å². The molecule has 0 bridgehead atoms. The van der Waals surface area contributed by atoms with Gasteiger partial charge in [0, 0.05) is 23.9 Å². The Bertz CT molecular complexity index is 1580. The van der Waals surface area contributed by atoms with E-state index in [1.807, 2.05) is 42.5 Å². The molecule has 0 atom stereocenters. The van der Waals surface area contributed by atoms with Gasteiger partial charge in [-0.1, -0.05) is 24.3 Å². The van der Waals surface area contributed by atoms with Gasteiger partial charge in [-0.3, -0.25) is 4.79 Å². The fourth-order valence-corrected chi connectivity index (χ4v) is 4.27. The minimum atomic E-state index is -0.179. The maximum Gasteiger partial charge on any atom is 0.251 e. The van der Waals surface area contributed by atoms with E-state index in [4.69, 9.17) is 9.47 Å². The Morgan fingerprint density at radius 1 is 0.973 bits per heavy atom. The minimum absolute atomic E-state index is 0.0833. The van der Waals surface area contributed by atoms with Crippen LogP contribution in [0.4, 0.5) is 0 Å². The molecule has 2 aromatic heterocycles. The van der Waals surface area contributed by atoms with Crippen molar-refractivity contribution >= 4 is 16.9 Å². The van der Waals surface area contributed by atoms with Gasteiger partial charge in [-0.25, -0.2) is 9.97 Å². The largest absolute Gasteiger partial charge is 0.507 e. The number of phenolic OH excluding ortho intramolecular Hbond substituents is 1. The first-order valence-electron chi connectivity index (χ1n) is 11.8. The summed E-state index contributed by atoms with van der Waals surface area (Å²) in [5.74, 6) is 1.69. The summed E-state index contributed by atoms with van der Waals surface area (Å²) >= 11 is 0. The summed E-state index contributed by atoms with van der Waals surface area (Å²) in [5, 5.41) is 13.5. The molecular weight excluding hydrogens is 468 g/mol. The van der Waals surface area contributed by atoms with Crippen molar-refractivity contribution in [3.8, 4) is 39.9 Å². The Labute approximate surface area is 213 Å². The van der Waals surface area contributed by atoms with Crippen molar-refractivity contribution in [2.75, 3.05) is 20.8 Å². The standard InChI is InChI=1S/C29H26N4O4/c1-36-26-8-4-3-6-18(26)13-15-30-28(35)20-9-11-23-24(17-20)33-27(32-23)22-16-19(10-12-25(22)34)21-7-5-14-31-29(21)37-2/h3-12,14,16-17,34H,13,15H2,1-2H3,(H,30,35)(H,32,33). The van der Waals surface area contributed by atoms with E-state index in [1.165, 1.54) is 0 Å². The third-order valence-corrected chi connectivity index (χ3v) is 6.14. The first-order valence-corrected chi connectivity index (χ1v) is 11.8. The zero-order valence-corrected chi connectivity index (χ0v) is 20.5. The van der Waals surface area contributed by atoms with Gasteiger partial charge in [-0.2, -0.15) is 0 Å². The van der Waals surface area contributed by atoms with Crippen LogP contribution in [0.1, 0.15) is 15.9 Å². The minimum Gasteiger partial charge on any atom is -0.507 e. The molecule has 1 amide bonds. The van der Waals surface area contributed by atoms with Gasteiger partial charge < -0.3 is 24.9 Å². The molecule has 3 aromatic carbocycles. The first-order chi connectivity index (χ1) is 18.1. The van der Waals surface area contributed by atoms with E-state index in [9.17, 15) is 9.90 Å². The third-order valence-electron chi connectivity index (χ3n) is 6.14. The third kappa shape index (κ3) is 4.95. The highest BCUT2D eigenvalue weighted by atomic mass is 16.5. The van der Waals surface area contributed by atoms with Crippen LogP contribution < -0.4 is 14.8 Å². The summed E-state index contributed by atoms with van der Waals surface area (Å²) in [7, 11) is 3.20. The number of fused-ring (bicyclic) bond motifs is 1. The molecular formula is C29H26N4O4. The molecule has 0 aliphatic rings. The van der Waals surface area contributed by atoms with E-state index in [0.717, 1.165) is 22.4 Å². The van der Waals surface area contributed by atoms with E-state index in [0.29, 0.717) is 46.8 Å². The second-order valence-electron chi connectivity index (χ2n) is 8.43. The predicted octanol–water partition coefficient (Wildman–Crippen LogP) is 4.99. The van der Waals surface area contributed by atoms with Gasteiger partial charge in [-0.15, -0.1) is 0 Å². The molecule has 0 spiro atoms. The van der Waals surface area contributed by atoms with Gasteiger partial charge in [0.05, 0.1) is 30.8 Å². The van der Waals surface area contributed by atoms with Crippen molar-refractivity contribution in [2.24, 2.45) is 0 Å². The van der Waals surface area contributed by atoms with Crippen LogP contribution in [0.25, 0.3) is 33.5 Å². The maximum atomic E-state index is 12.8. The van der Waals surface area contributed by atoms with Crippen molar-refractivity contribution in [2.45, 2.75) is 6.42 Å². The molecule has 0 unspecified atom stereocenters. The average Bonchev–Trinajstić information content (AvgIpc) is 3.36. The Morgan fingerprint density at radius 3 is 2.68 bits per heavy atom. The highest BCUT2D eigenvalue weighted by molar-refractivity contribution is 5.97. The number of para-hydroxylation sites is 1. The number of carbonyl (C=O) groups excluding carboxylic acids is 1. The number of ether oxygens (including phenoxy) is 2. The van der Waals surface area contributed by atoms with E-state index in [1.54, 1.807) is 50.7 Å². The first kappa shape index (κ1) is 23.9. The van der Waals surface area contributed by atoms with Crippen molar-refractivity contribution < 1.29 is 19.4 Å². The molecule has 0 radical (unpaired) electrons. The predicted molar refractivity (Wildman–Crippen MR) is 142 cm³/mol. The fraction of sp³-hybridized carbons (Fsp3) is 0.138. The van der Waals surface area contributed by atoms with Gasteiger partial charge in [0.25, 0.3) is 5.91 Å². The van der Waals surface area contributed by atoms with Crippen molar-refractivity contribution in [3.63, 3.8) is 0 Å². The zero-order chi connectivity index (χ0) is 25.8. The molecule has 0 fully saturated rings. The molecule has 8 heteroatoms. The Morgan fingerprint density at radius 2 is 1.84 bits per heavy atom. The normalized spacial score (nSPS) is 10.9. The summed E-state index contributed by atoms with van der Waals surface area (Å²) in [5.41, 5.74) is 5.08. The van der Waals surface area contributed by atoms with E-state index >= 15 is 0 Å². The molecule has 5 aromatic rings. The average molecular weight is 495 g/mol. The van der Waals surface area contributed by atoms with Crippen LogP contribution in [-0.2, 0) is 6.42 Å². The van der Waals surface area contributed by atoms with Crippen LogP contribution in [0.15, 0.2) is 79.0 Å². The number of H-pyrrole nitrogens is 1. The molecule has 2 heterocycles. The van der Waals surface area contributed by atoms with Gasteiger partial charge in [0.15, 0.2) is 0 Å². The number of nitrogens with one attached hydrogen (secondary N) is 2. The van der Waals surface area contributed by atoms with Gasteiger partial charge in [0.2, 0.25) is 5.88 Å². The number of nitrogens with zero attached hydrogens (tertiary/aromatic N) is 2. The van der Waals surface area contributed by atoms with Crippen LogP contribution in [0.5, 0.6) is 17.4 Å². The number of hydrogen-bond donors (Lipinski definition) is 3. The SMILES string of the molecule is COc1ccccc1CCNC(=O)c1ccc2nc(-c3cc(-c4cccnc4OC)ccc3O)[nH]c2c1. The summed E-state index contributed by atoms with van der Waals surface area (Å²) in [4.78, 5) is 24.9. The highest BCUT2D eigenvalue weighted by Gasteiger charge is 2.15. The van der Waals surface area contributed by atoms with Crippen LogP contribution >= 0.6 is 0 Å². The van der Waals surface area contributed by atoms with E-state index in [2.05, 4.69) is 20.3 Å². The number of methoxy groups -OCH3 is 2. The van der Waals surface area contributed by atoms with Gasteiger partial charge in [-0.05, 0) is 66.1 Å². The van der Waals surface area contributed by atoms with Crippen LogP contribution in [0, 0.1) is 0 Å². The molecule has 0 aliphatic heterocycles. The summed E-state index contributed by atoms with van der Waals surface area (Å²) in [6.45, 7) is 0.476. The summed E-state index contributed by atoms with van der Waals surface area (Å²) in [6.07, 6.45) is 2.32. The van der Waals surface area contributed by atoms with Crippen LogP contribution in [0.2, 0.25) is 0 Å². The molecule has 0 saturated carbocycles. The number of hydrogen-bond acceptors (Lipinski definition) is 6. The van der Waals surface area contributed by atoms with Crippen molar-refractivity contribution in [1.82, 2.24) is 20.3 Å². The topological polar surface area (TPSA) is 109 Å². The van der Waals surface area contributed by atoms with Crippen LogP contribution in [0.3, 0.4) is 0 Å². The monoisotopic (exact) mass is 494 g/mol. The molecule has 0 saturated heterocycles. The number of pyridine rings is 1. The number of carbonyl (C=O) groups is 1. The zero-order valence-electron chi connectivity index (χ0n) is 20.5. The summed E-state index contributed by atoms with van der Waals surface area (Å²) < 4.78 is 10.8. The van der Waals surface area contributed by atoms with Gasteiger partial charge >= 0.3 is 0 Å². The number of imidazole rings is 1. The molecule has 5 rings (SSSR count).